The van der Waals surface area contributed by atoms with Gasteiger partial charge in [-0.1, -0.05) is 65.1 Å². The molecule has 1 saturated heterocycles. The summed E-state index contributed by atoms with van der Waals surface area (Å²) in [5.74, 6) is 1.32. The molecular formula is C25H28BrClN4O. The lowest BCUT2D eigenvalue weighted by Crippen LogP contribution is -2.45. The summed E-state index contributed by atoms with van der Waals surface area (Å²) in [6.45, 7) is 4.02. The number of nitrogens with one attached hydrogen (secondary N) is 1. The lowest BCUT2D eigenvalue weighted by atomic mass is 9.87. The first kappa shape index (κ1) is 21.9. The molecule has 2 aromatic rings. The number of nitrogens with zero attached hydrogens (tertiary/aromatic N) is 3. The molecule has 5 nitrogen and oxygen atoms in total. The molecule has 4 atom stereocenters. The Morgan fingerprint density at radius 2 is 1.81 bits per heavy atom. The van der Waals surface area contributed by atoms with Crippen molar-refractivity contribution in [2.24, 2.45) is 22.9 Å². The maximum absolute atomic E-state index is 13.4. The Labute approximate surface area is 202 Å². The molecule has 0 bridgehead atoms. The third-order valence-electron chi connectivity index (χ3n) is 7.18. The van der Waals surface area contributed by atoms with Gasteiger partial charge in [-0.05, 0) is 60.9 Å². The van der Waals surface area contributed by atoms with E-state index in [0.29, 0.717) is 10.7 Å². The van der Waals surface area contributed by atoms with Gasteiger partial charge in [-0.2, -0.15) is 5.10 Å². The molecule has 168 valence electrons. The van der Waals surface area contributed by atoms with E-state index < -0.39 is 0 Å². The summed E-state index contributed by atoms with van der Waals surface area (Å²) < 4.78 is 1.02. The maximum Gasteiger partial charge on any atom is 0.282 e. The van der Waals surface area contributed by atoms with Crippen LogP contribution in [0.3, 0.4) is 0 Å². The van der Waals surface area contributed by atoms with Gasteiger partial charge in [0.05, 0.1) is 16.8 Å². The van der Waals surface area contributed by atoms with Crippen molar-refractivity contribution in [1.82, 2.24) is 10.4 Å². The van der Waals surface area contributed by atoms with E-state index in [1.807, 2.05) is 41.4 Å². The molecule has 0 spiro atoms. The molecule has 32 heavy (non-hydrogen) atoms. The smallest absolute Gasteiger partial charge is 0.282 e. The summed E-state index contributed by atoms with van der Waals surface area (Å²) in [6, 6.07) is 15.9. The number of hydrogen-bond donors (Lipinski definition) is 1. The number of carbonyl (C=O) groups excluding carboxylic acids is 1. The fraction of sp³-hybridized carbons (Fsp3) is 0.440. The number of fused-ring (bicyclic) bond motifs is 1. The highest BCUT2D eigenvalue weighted by Gasteiger charge is 2.43. The lowest BCUT2D eigenvalue weighted by molar-refractivity contribution is -0.119. The zero-order valence-electron chi connectivity index (χ0n) is 18.2. The van der Waals surface area contributed by atoms with Crippen molar-refractivity contribution in [2.75, 3.05) is 18.1 Å². The minimum absolute atomic E-state index is 0.0328. The SMILES string of the molecule is CC[C@@H]1C(C(=O)NN2CC3CCCC3C2)=NN(c2ccccc2Cl)[C@@H]1c1ccc(Br)cc1. The Balaban J connectivity index is 1.45. The van der Waals surface area contributed by atoms with Crippen molar-refractivity contribution in [3.05, 3.63) is 63.6 Å². The van der Waals surface area contributed by atoms with Crippen molar-refractivity contribution >= 4 is 44.8 Å². The minimum Gasteiger partial charge on any atom is -0.284 e. The summed E-state index contributed by atoms with van der Waals surface area (Å²) >= 11 is 10.1. The second kappa shape index (κ2) is 9.16. The highest BCUT2D eigenvalue weighted by Crippen LogP contribution is 2.43. The van der Waals surface area contributed by atoms with E-state index in [-0.39, 0.29) is 17.9 Å². The molecule has 0 radical (unpaired) electrons. The van der Waals surface area contributed by atoms with Gasteiger partial charge in [0.25, 0.3) is 5.91 Å². The molecule has 1 saturated carbocycles. The van der Waals surface area contributed by atoms with Crippen LogP contribution in [0, 0.1) is 17.8 Å². The van der Waals surface area contributed by atoms with Crippen LogP contribution in [0.5, 0.6) is 0 Å². The number of para-hydroxylation sites is 1. The number of hydrogen-bond acceptors (Lipinski definition) is 4. The van der Waals surface area contributed by atoms with Gasteiger partial charge in [-0.15, -0.1) is 0 Å². The van der Waals surface area contributed by atoms with Gasteiger partial charge in [0.1, 0.15) is 5.71 Å². The number of halogens is 2. The van der Waals surface area contributed by atoms with E-state index in [2.05, 4.69) is 45.4 Å². The van der Waals surface area contributed by atoms with Gasteiger partial charge in [0, 0.05) is 23.5 Å². The fourth-order valence-corrected chi connectivity index (χ4v) is 6.09. The molecule has 3 aliphatic rings. The van der Waals surface area contributed by atoms with Gasteiger partial charge < -0.3 is 0 Å². The second-order valence-electron chi connectivity index (χ2n) is 9.09. The molecule has 2 fully saturated rings. The van der Waals surface area contributed by atoms with Crippen molar-refractivity contribution < 1.29 is 4.79 Å². The Morgan fingerprint density at radius 1 is 1.12 bits per heavy atom. The summed E-state index contributed by atoms with van der Waals surface area (Å²) in [5.41, 5.74) is 5.69. The Hall–Kier alpha value is -1.89. The zero-order chi connectivity index (χ0) is 22.2. The number of amides is 1. The quantitative estimate of drug-likeness (QED) is 0.547. The highest BCUT2D eigenvalue weighted by atomic mass is 79.9. The van der Waals surface area contributed by atoms with Gasteiger partial charge in [-0.25, -0.2) is 5.01 Å². The van der Waals surface area contributed by atoms with Crippen LogP contribution in [0.2, 0.25) is 5.02 Å². The van der Waals surface area contributed by atoms with Crippen molar-refractivity contribution in [3.63, 3.8) is 0 Å². The third kappa shape index (κ3) is 4.09. The number of hydrazine groups is 1. The predicted octanol–water partition coefficient (Wildman–Crippen LogP) is 5.81. The lowest BCUT2D eigenvalue weighted by Gasteiger charge is -2.28. The summed E-state index contributed by atoms with van der Waals surface area (Å²) in [5, 5.41) is 9.56. The Bertz CT molecular complexity index is 1010. The summed E-state index contributed by atoms with van der Waals surface area (Å²) in [4.78, 5) is 13.4. The first-order valence-electron chi connectivity index (χ1n) is 11.5. The van der Waals surface area contributed by atoms with E-state index in [1.54, 1.807) is 0 Å². The monoisotopic (exact) mass is 514 g/mol. The van der Waals surface area contributed by atoms with Crippen molar-refractivity contribution in [3.8, 4) is 0 Å². The Kier molecular flexibility index (Phi) is 6.28. The van der Waals surface area contributed by atoms with Gasteiger partial charge in [0.15, 0.2) is 0 Å². The first-order valence-corrected chi connectivity index (χ1v) is 12.7. The molecule has 2 aliphatic heterocycles. The molecule has 7 heteroatoms. The largest absolute Gasteiger partial charge is 0.284 e. The number of anilines is 1. The molecular weight excluding hydrogens is 488 g/mol. The van der Waals surface area contributed by atoms with Crippen LogP contribution in [0.25, 0.3) is 0 Å². The normalized spacial score (nSPS) is 27.5. The van der Waals surface area contributed by atoms with Crippen LogP contribution in [-0.2, 0) is 4.79 Å². The molecule has 2 heterocycles. The number of benzene rings is 2. The van der Waals surface area contributed by atoms with E-state index in [9.17, 15) is 4.79 Å². The minimum atomic E-state index is -0.0910. The van der Waals surface area contributed by atoms with Crippen LogP contribution >= 0.6 is 27.5 Å². The van der Waals surface area contributed by atoms with Crippen molar-refractivity contribution in [2.45, 2.75) is 38.6 Å². The van der Waals surface area contributed by atoms with E-state index in [1.165, 1.54) is 19.3 Å². The summed E-state index contributed by atoms with van der Waals surface area (Å²) in [7, 11) is 0. The number of rotatable bonds is 5. The molecule has 2 aromatic carbocycles. The zero-order valence-corrected chi connectivity index (χ0v) is 20.5. The summed E-state index contributed by atoms with van der Waals surface area (Å²) in [6.07, 6.45) is 4.69. The second-order valence-corrected chi connectivity index (χ2v) is 10.4. The van der Waals surface area contributed by atoms with E-state index >= 15 is 0 Å². The Morgan fingerprint density at radius 3 is 2.47 bits per heavy atom. The number of carbonyl (C=O) groups is 1. The molecule has 1 amide bonds. The topological polar surface area (TPSA) is 47.9 Å². The predicted molar refractivity (Wildman–Crippen MR) is 133 cm³/mol. The van der Waals surface area contributed by atoms with Crippen LogP contribution in [0.1, 0.15) is 44.2 Å². The van der Waals surface area contributed by atoms with Crippen LogP contribution in [-0.4, -0.2) is 29.7 Å². The van der Waals surface area contributed by atoms with E-state index in [4.69, 9.17) is 16.7 Å². The average Bonchev–Trinajstić information content (AvgIpc) is 3.47. The molecule has 0 aromatic heterocycles. The first-order chi connectivity index (χ1) is 15.5. The molecule has 1 aliphatic carbocycles. The fourth-order valence-electron chi connectivity index (χ4n) is 5.60. The third-order valence-corrected chi connectivity index (χ3v) is 8.03. The van der Waals surface area contributed by atoms with Crippen LogP contribution < -0.4 is 10.4 Å². The van der Waals surface area contributed by atoms with E-state index in [0.717, 1.165) is 47.1 Å². The van der Waals surface area contributed by atoms with Crippen LogP contribution in [0.4, 0.5) is 5.69 Å². The standard InChI is InChI=1S/C25H28BrClN4O/c1-2-20-23(25(32)29-30-14-17-6-5-7-18(17)15-30)28-31(22-9-4-3-8-21(22)27)24(20)16-10-12-19(26)13-11-16/h3-4,8-13,17-18,20,24H,2,5-7,14-15H2,1H3,(H,29,32)/t17?,18?,20-,24-/m1/s1. The molecule has 5 rings (SSSR count). The molecule has 1 N–H and O–H groups in total. The van der Waals surface area contributed by atoms with Gasteiger partial charge in [-0.3, -0.25) is 15.2 Å². The van der Waals surface area contributed by atoms with Gasteiger partial charge in [0.2, 0.25) is 0 Å². The van der Waals surface area contributed by atoms with Gasteiger partial charge >= 0.3 is 0 Å². The highest BCUT2D eigenvalue weighted by molar-refractivity contribution is 9.10. The maximum atomic E-state index is 13.4. The molecule has 2 unspecified atom stereocenters. The average molecular weight is 516 g/mol. The van der Waals surface area contributed by atoms with Crippen LogP contribution in [0.15, 0.2) is 58.1 Å². The number of hydrazone groups is 1. The van der Waals surface area contributed by atoms with Crippen molar-refractivity contribution in [1.29, 1.82) is 0 Å².